The molecule has 39 heavy (non-hydrogen) atoms. The number of ketones is 1. The molecule has 1 unspecified atom stereocenters. The second-order valence-corrected chi connectivity index (χ2v) is 8.95. The standard InChI is InChI=1S/C34H26O5/c35-32(27-9-3-1-4-10-27)30-13-7-8-14-31(30)38-23-24-15-17-25(18-16-24)26-19-21-29(22-20-26)39-33(34(36)37)28-11-5-2-6-12-28/h1-22,33H,23H2,(H,36,37). The fourth-order valence-electron chi connectivity index (χ4n) is 4.23. The Hall–Kier alpha value is -5.16. The molecule has 0 radical (unpaired) electrons. The predicted octanol–water partition coefficient (Wildman–Crippen LogP) is 7.37. The molecule has 1 N–H and O–H groups in total. The summed E-state index contributed by atoms with van der Waals surface area (Å²) < 4.78 is 11.8. The third-order valence-corrected chi connectivity index (χ3v) is 6.28. The minimum atomic E-state index is -1.08. The smallest absolute Gasteiger partial charge is 0.349 e. The van der Waals surface area contributed by atoms with Crippen LogP contribution in [0.15, 0.2) is 133 Å². The Labute approximate surface area is 226 Å². The summed E-state index contributed by atoms with van der Waals surface area (Å²) in [5.41, 5.74) is 4.67. The number of carbonyl (C=O) groups is 2. The molecule has 0 aromatic heterocycles. The van der Waals surface area contributed by atoms with Gasteiger partial charge in [-0.15, -0.1) is 0 Å². The summed E-state index contributed by atoms with van der Waals surface area (Å²) in [6, 6.07) is 40.6. The number of hydrogen-bond acceptors (Lipinski definition) is 4. The quantitative estimate of drug-likeness (QED) is 0.197. The molecule has 0 saturated heterocycles. The van der Waals surface area contributed by atoms with E-state index in [-0.39, 0.29) is 5.78 Å². The number of para-hydroxylation sites is 1. The van der Waals surface area contributed by atoms with E-state index >= 15 is 0 Å². The van der Waals surface area contributed by atoms with Crippen molar-refractivity contribution >= 4 is 11.8 Å². The Bertz CT molecular complexity index is 1540. The molecule has 0 saturated carbocycles. The summed E-state index contributed by atoms with van der Waals surface area (Å²) in [5.74, 6) is -0.104. The molecule has 0 spiro atoms. The first kappa shape index (κ1) is 25.5. The Balaban J connectivity index is 1.24. The number of aliphatic carboxylic acids is 1. The van der Waals surface area contributed by atoms with E-state index in [1.54, 1.807) is 60.7 Å². The SMILES string of the molecule is O=C(c1ccccc1)c1ccccc1OCc1ccc(-c2ccc(OC(C(=O)O)c3ccccc3)cc2)cc1. The molecule has 192 valence electrons. The van der Waals surface area contributed by atoms with Crippen LogP contribution in [0.3, 0.4) is 0 Å². The van der Waals surface area contributed by atoms with Crippen LogP contribution in [0.5, 0.6) is 11.5 Å². The molecule has 0 fully saturated rings. The largest absolute Gasteiger partial charge is 0.488 e. The normalized spacial score (nSPS) is 11.4. The molecule has 0 bridgehead atoms. The third kappa shape index (κ3) is 6.22. The van der Waals surface area contributed by atoms with Gasteiger partial charge < -0.3 is 14.6 Å². The maximum atomic E-state index is 13.0. The van der Waals surface area contributed by atoms with Crippen LogP contribution < -0.4 is 9.47 Å². The Morgan fingerprint density at radius 3 is 1.85 bits per heavy atom. The van der Waals surface area contributed by atoms with Crippen molar-refractivity contribution in [3.8, 4) is 22.6 Å². The number of ether oxygens (including phenoxy) is 2. The molecular weight excluding hydrogens is 488 g/mol. The third-order valence-electron chi connectivity index (χ3n) is 6.28. The number of carbonyl (C=O) groups excluding carboxylic acids is 1. The van der Waals surface area contributed by atoms with Crippen LogP contribution in [0, 0.1) is 0 Å². The second-order valence-electron chi connectivity index (χ2n) is 8.95. The molecule has 0 aliphatic rings. The van der Waals surface area contributed by atoms with Gasteiger partial charge in [0.2, 0.25) is 6.10 Å². The fraction of sp³-hybridized carbons (Fsp3) is 0.0588. The molecule has 5 aromatic carbocycles. The first-order chi connectivity index (χ1) is 19.1. The Kier molecular flexibility index (Phi) is 7.79. The summed E-state index contributed by atoms with van der Waals surface area (Å²) >= 11 is 0. The van der Waals surface area contributed by atoms with Gasteiger partial charge in [0.05, 0.1) is 5.56 Å². The van der Waals surface area contributed by atoms with E-state index in [0.717, 1.165) is 16.7 Å². The number of rotatable bonds is 10. The summed E-state index contributed by atoms with van der Waals surface area (Å²) in [4.78, 5) is 24.7. The van der Waals surface area contributed by atoms with Gasteiger partial charge in [-0.3, -0.25) is 4.79 Å². The van der Waals surface area contributed by atoms with Gasteiger partial charge in [0, 0.05) is 11.1 Å². The lowest BCUT2D eigenvalue weighted by atomic mass is 10.0. The molecule has 0 aliphatic carbocycles. The topological polar surface area (TPSA) is 72.8 Å². The molecule has 1 atom stereocenters. The van der Waals surface area contributed by atoms with Gasteiger partial charge in [0.15, 0.2) is 5.78 Å². The predicted molar refractivity (Wildman–Crippen MR) is 150 cm³/mol. The zero-order valence-electron chi connectivity index (χ0n) is 21.1. The highest BCUT2D eigenvalue weighted by Gasteiger charge is 2.21. The molecule has 5 aromatic rings. The molecule has 0 heterocycles. The zero-order valence-corrected chi connectivity index (χ0v) is 21.1. The van der Waals surface area contributed by atoms with Crippen molar-refractivity contribution in [2.24, 2.45) is 0 Å². The zero-order chi connectivity index (χ0) is 27.0. The maximum absolute atomic E-state index is 13.0. The Morgan fingerprint density at radius 1 is 0.641 bits per heavy atom. The summed E-state index contributed by atoms with van der Waals surface area (Å²) in [5, 5.41) is 9.61. The van der Waals surface area contributed by atoms with Crippen LogP contribution in [0.2, 0.25) is 0 Å². The van der Waals surface area contributed by atoms with Gasteiger partial charge >= 0.3 is 5.97 Å². The number of hydrogen-bond donors (Lipinski definition) is 1. The average molecular weight is 515 g/mol. The van der Waals surface area contributed by atoms with E-state index < -0.39 is 12.1 Å². The summed E-state index contributed by atoms with van der Waals surface area (Å²) in [7, 11) is 0. The fourth-order valence-corrected chi connectivity index (χ4v) is 4.23. The lowest BCUT2D eigenvalue weighted by Crippen LogP contribution is -2.18. The van der Waals surface area contributed by atoms with Gasteiger partial charge in [-0.05, 0) is 41.0 Å². The van der Waals surface area contributed by atoms with Gasteiger partial charge in [-0.25, -0.2) is 4.79 Å². The van der Waals surface area contributed by atoms with E-state index in [1.807, 2.05) is 72.8 Å². The highest BCUT2D eigenvalue weighted by Crippen LogP contribution is 2.27. The van der Waals surface area contributed by atoms with Crippen LogP contribution in [0.1, 0.15) is 33.2 Å². The summed E-state index contributed by atoms with van der Waals surface area (Å²) in [6.07, 6.45) is -1.08. The van der Waals surface area contributed by atoms with E-state index in [9.17, 15) is 14.7 Å². The van der Waals surface area contributed by atoms with Crippen LogP contribution in [0.4, 0.5) is 0 Å². The van der Waals surface area contributed by atoms with Crippen LogP contribution >= 0.6 is 0 Å². The van der Waals surface area contributed by atoms with E-state index in [0.29, 0.717) is 34.8 Å². The molecule has 5 nitrogen and oxygen atoms in total. The van der Waals surface area contributed by atoms with Crippen molar-refractivity contribution < 1.29 is 24.2 Å². The lowest BCUT2D eigenvalue weighted by molar-refractivity contribution is -0.145. The molecular formula is C34H26O5. The van der Waals surface area contributed by atoms with Gasteiger partial charge in [0.25, 0.3) is 0 Å². The van der Waals surface area contributed by atoms with Crippen LogP contribution in [0.25, 0.3) is 11.1 Å². The Morgan fingerprint density at radius 2 is 1.21 bits per heavy atom. The van der Waals surface area contributed by atoms with Crippen molar-refractivity contribution in [3.63, 3.8) is 0 Å². The monoisotopic (exact) mass is 514 g/mol. The highest BCUT2D eigenvalue weighted by atomic mass is 16.5. The molecule has 5 heteroatoms. The second kappa shape index (κ2) is 11.9. The van der Waals surface area contributed by atoms with Crippen molar-refractivity contribution in [2.75, 3.05) is 0 Å². The first-order valence-corrected chi connectivity index (χ1v) is 12.5. The molecule has 5 rings (SSSR count). The van der Waals surface area contributed by atoms with E-state index in [4.69, 9.17) is 9.47 Å². The van der Waals surface area contributed by atoms with Crippen LogP contribution in [-0.2, 0) is 11.4 Å². The number of carboxylic acid groups (broad SMARTS) is 1. The molecule has 0 amide bonds. The van der Waals surface area contributed by atoms with Gasteiger partial charge in [0.1, 0.15) is 18.1 Å². The van der Waals surface area contributed by atoms with Gasteiger partial charge in [-0.1, -0.05) is 109 Å². The summed E-state index contributed by atoms with van der Waals surface area (Å²) in [6.45, 7) is 0.322. The van der Waals surface area contributed by atoms with Crippen molar-refractivity contribution in [3.05, 3.63) is 156 Å². The lowest BCUT2D eigenvalue weighted by Gasteiger charge is -2.16. The van der Waals surface area contributed by atoms with E-state index in [2.05, 4.69) is 0 Å². The minimum absolute atomic E-state index is 0.0765. The van der Waals surface area contributed by atoms with Crippen molar-refractivity contribution in [1.29, 1.82) is 0 Å². The van der Waals surface area contributed by atoms with Crippen LogP contribution in [-0.4, -0.2) is 16.9 Å². The number of carboxylic acids is 1. The molecule has 0 aliphatic heterocycles. The van der Waals surface area contributed by atoms with Crippen molar-refractivity contribution in [1.82, 2.24) is 0 Å². The first-order valence-electron chi connectivity index (χ1n) is 12.5. The van der Waals surface area contributed by atoms with E-state index in [1.165, 1.54) is 0 Å². The van der Waals surface area contributed by atoms with Crippen molar-refractivity contribution in [2.45, 2.75) is 12.7 Å². The number of benzene rings is 5. The van der Waals surface area contributed by atoms with Gasteiger partial charge in [-0.2, -0.15) is 0 Å². The average Bonchev–Trinajstić information content (AvgIpc) is 3.00. The highest BCUT2D eigenvalue weighted by molar-refractivity contribution is 6.10. The minimum Gasteiger partial charge on any atom is -0.488 e. The maximum Gasteiger partial charge on any atom is 0.349 e.